The van der Waals surface area contributed by atoms with Gasteiger partial charge in [-0.05, 0) is 37.6 Å². The Hall–Kier alpha value is -1.97. The third-order valence-corrected chi connectivity index (χ3v) is 4.87. The number of carbonyl (C=O) groups is 1. The van der Waals surface area contributed by atoms with Crippen molar-refractivity contribution in [2.75, 3.05) is 24.5 Å². The number of carbonyl (C=O) groups excluding carboxylic acids is 1. The number of nitrogens with zero attached hydrogens (tertiary/aromatic N) is 2. The van der Waals surface area contributed by atoms with Crippen molar-refractivity contribution in [3.05, 3.63) is 70.7 Å². The lowest BCUT2D eigenvalue weighted by atomic mass is 10.1. The molecule has 0 fully saturated rings. The SMILES string of the molecule is C=CCN(c1ccccc1CC(=O)N(CC)CC)c1c(Cl)cccc1Cl. The van der Waals surface area contributed by atoms with Crippen LogP contribution in [-0.2, 0) is 11.2 Å². The summed E-state index contributed by atoms with van der Waals surface area (Å²) in [6, 6.07) is 13.3. The first kappa shape index (κ1) is 20.3. The van der Waals surface area contributed by atoms with Gasteiger partial charge in [-0.25, -0.2) is 0 Å². The molecule has 0 N–H and O–H groups in total. The summed E-state index contributed by atoms with van der Waals surface area (Å²) in [5, 5.41) is 1.12. The monoisotopic (exact) mass is 390 g/mol. The highest BCUT2D eigenvalue weighted by molar-refractivity contribution is 6.39. The highest BCUT2D eigenvalue weighted by Gasteiger charge is 2.20. The minimum absolute atomic E-state index is 0.103. The van der Waals surface area contributed by atoms with E-state index in [1.54, 1.807) is 6.08 Å². The largest absolute Gasteiger partial charge is 0.343 e. The lowest BCUT2D eigenvalue weighted by molar-refractivity contribution is -0.130. The number of benzene rings is 2. The third-order valence-electron chi connectivity index (χ3n) is 4.26. The molecule has 2 aromatic carbocycles. The van der Waals surface area contributed by atoms with Gasteiger partial charge in [0.05, 0.1) is 22.2 Å². The first-order valence-electron chi connectivity index (χ1n) is 8.71. The molecular weight excluding hydrogens is 367 g/mol. The fourth-order valence-electron chi connectivity index (χ4n) is 2.96. The Morgan fingerprint density at radius 1 is 1.04 bits per heavy atom. The number of hydrogen-bond donors (Lipinski definition) is 0. The van der Waals surface area contributed by atoms with Gasteiger partial charge in [0.15, 0.2) is 0 Å². The molecule has 0 bridgehead atoms. The van der Waals surface area contributed by atoms with Crippen molar-refractivity contribution in [3.8, 4) is 0 Å². The Labute approximate surface area is 165 Å². The second-order valence-electron chi connectivity index (χ2n) is 5.84. The van der Waals surface area contributed by atoms with Gasteiger partial charge in [0, 0.05) is 25.3 Å². The van der Waals surface area contributed by atoms with Crippen LogP contribution in [0.25, 0.3) is 0 Å². The van der Waals surface area contributed by atoms with Crippen molar-refractivity contribution in [1.82, 2.24) is 4.90 Å². The molecule has 5 heteroatoms. The summed E-state index contributed by atoms with van der Waals surface area (Å²) >= 11 is 12.9. The minimum Gasteiger partial charge on any atom is -0.343 e. The molecule has 1 amide bonds. The van der Waals surface area contributed by atoms with Crippen molar-refractivity contribution in [2.24, 2.45) is 0 Å². The first-order chi connectivity index (χ1) is 12.5. The van der Waals surface area contributed by atoms with Crippen LogP contribution >= 0.6 is 23.2 Å². The van der Waals surface area contributed by atoms with E-state index in [0.717, 1.165) is 16.9 Å². The molecule has 0 aliphatic rings. The van der Waals surface area contributed by atoms with Crippen LogP contribution in [0.4, 0.5) is 11.4 Å². The predicted molar refractivity (Wildman–Crippen MR) is 112 cm³/mol. The van der Waals surface area contributed by atoms with Crippen LogP contribution in [0.3, 0.4) is 0 Å². The lowest BCUT2D eigenvalue weighted by Gasteiger charge is -2.28. The molecular formula is C21H24Cl2N2O. The quantitative estimate of drug-likeness (QED) is 0.537. The number of likely N-dealkylation sites (N-methyl/N-ethyl adjacent to an activating group) is 1. The van der Waals surface area contributed by atoms with Crippen molar-refractivity contribution >= 4 is 40.5 Å². The van der Waals surface area contributed by atoms with Crippen LogP contribution < -0.4 is 4.90 Å². The first-order valence-corrected chi connectivity index (χ1v) is 9.47. The summed E-state index contributed by atoms with van der Waals surface area (Å²) in [4.78, 5) is 16.4. The molecule has 2 rings (SSSR count). The molecule has 0 unspecified atom stereocenters. The average Bonchev–Trinajstić information content (AvgIpc) is 2.62. The third kappa shape index (κ3) is 4.60. The molecule has 0 saturated heterocycles. The minimum atomic E-state index is 0.103. The maximum absolute atomic E-state index is 12.6. The van der Waals surface area contributed by atoms with Crippen LogP contribution in [0.15, 0.2) is 55.1 Å². The van der Waals surface area contributed by atoms with Gasteiger partial charge in [-0.2, -0.15) is 0 Å². The number of para-hydroxylation sites is 2. The zero-order valence-electron chi connectivity index (χ0n) is 15.2. The summed E-state index contributed by atoms with van der Waals surface area (Å²) in [5.41, 5.74) is 2.56. The van der Waals surface area contributed by atoms with E-state index in [2.05, 4.69) is 6.58 Å². The molecule has 0 atom stereocenters. The molecule has 0 aliphatic heterocycles. The van der Waals surface area contributed by atoms with Gasteiger partial charge < -0.3 is 9.80 Å². The zero-order chi connectivity index (χ0) is 19.1. The summed E-state index contributed by atoms with van der Waals surface area (Å²) in [5.74, 6) is 0.103. The van der Waals surface area contributed by atoms with E-state index in [9.17, 15) is 4.79 Å². The maximum atomic E-state index is 12.6. The molecule has 0 radical (unpaired) electrons. The van der Waals surface area contributed by atoms with Crippen LogP contribution in [0.5, 0.6) is 0 Å². The summed E-state index contributed by atoms with van der Waals surface area (Å²) in [7, 11) is 0. The van der Waals surface area contributed by atoms with Gasteiger partial charge >= 0.3 is 0 Å². The Bertz CT molecular complexity index is 752. The molecule has 26 heavy (non-hydrogen) atoms. The number of anilines is 2. The molecule has 2 aromatic rings. The number of halogens is 2. The Kier molecular flexibility index (Phi) is 7.55. The summed E-state index contributed by atoms with van der Waals surface area (Å²) < 4.78 is 0. The fraction of sp³-hybridized carbons (Fsp3) is 0.286. The van der Waals surface area contributed by atoms with Crippen LogP contribution in [-0.4, -0.2) is 30.4 Å². The number of rotatable bonds is 8. The smallest absolute Gasteiger partial charge is 0.227 e. The van der Waals surface area contributed by atoms with Gasteiger partial charge in [-0.3, -0.25) is 4.79 Å². The highest BCUT2D eigenvalue weighted by atomic mass is 35.5. The number of hydrogen-bond acceptors (Lipinski definition) is 2. The lowest BCUT2D eigenvalue weighted by Crippen LogP contribution is -2.32. The van der Waals surface area contributed by atoms with Gasteiger partial charge in [0.1, 0.15) is 0 Å². The standard InChI is InChI=1S/C21H24Cl2N2O/c1-4-14-25(21-17(22)11-9-12-18(21)23)19-13-8-7-10-16(19)15-20(26)24(5-2)6-3/h4,7-13H,1,5-6,14-15H2,2-3H3. The topological polar surface area (TPSA) is 23.6 Å². The summed E-state index contributed by atoms with van der Waals surface area (Å²) in [6.45, 7) is 9.75. The normalized spacial score (nSPS) is 10.5. The Morgan fingerprint density at radius 3 is 2.23 bits per heavy atom. The van der Waals surface area contributed by atoms with Crippen LogP contribution in [0, 0.1) is 0 Å². The molecule has 0 heterocycles. The van der Waals surface area contributed by atoms with Crippen molar-refractivity contribution < 1.29 is 4.79 Å². The molecule has 138 valence electrons. The van der Waals surface area contributed by atoms with E-state index >= 15 is 0 Å². The van der Waals surface area contributed by atoms with E-state index in [1.165, 1.54) is 0 Å². The van der Waals surface area contributed by atoms with Crippen LogP contribution in [0.2, 0.25) is 10.0 Å². The average molecular weight is 391 g/mol. The number of amides is 1. The Morgan fingerprint density at radius 2 is 1.65 bits per heavy atom. The predicted octanol–water partition coefficient (Wildman–Crippen LogP) is 5.73. The Balaban J connectivity index is 2.48. The highest BCUT2D eigenvalue weighted by Crippen LogP contribution is 2.39. The van der Waals surface area contributed by atoms with Crippen LogP contribution in [0.1, 0.15) is 19.4 Å². The van der Waals surface area contributed by atoms with Gasteiger partial charge in [-0.15, -0.1) is 6.58 Å². The zero-order valence-corrected chi connectivity index (χ0v) is 16.7. The van der Waals surface area contributed by atoms with Crippen molar-refractivity contribution in [2.45, 2.75) is 20.3 Å². The van der Waals surface area contributed by atoms with Gasteiger partial charge in [0.2, 0.25) is 5.91 Å². The maximum Gasteiger partial charge on any atom is 0.227 e. The second kappa shape index (κ2) is 9.65. The van der Waals surface area contributed by atoms with Gasteiger partial charge in [0.25, 0.3) is 0 Å². The van der Waals surface area contributed by atoms with E-state index in [1.807, 2.05) is 66.1 Å². The fourth-order valence-corrected chi connectivity index (χ4v) is 3.56. The molecule has 0 aromatic heterocycles. The van der Waals surface area contributed by atoms with E-state index in [0.29, 0.717) is 36.1 Å². The van der Waals surface area contributed by atoms with E-state index in [-0.39, 0.29) is 5.91 Å². The molecule has 0 aliphatic carbocycles. The summed E-state index contributed by atoms with van der Waals surface area (Å²) in [6.07, 6.45) is 2.12. The van der Waals surface area contributed by atoms with Crippen molar-refractivity contribution in [3.63, 3.8) is 0 Å². The molecule has 0 saturated carbocycles. The van der Waals surface area contributed by atoms with E-state index in [4.69, 9.17) is 23.2 Å². The molecule has 0 spiro atoms. The van der Waals surface area contributed by atoms with E-state index < -0.39 is 0 Å². The van der Waals surface area contributed by atoms with Crippen molar-refractivity contribution in [1.29, 1.82) is 0 Å². The second-order valence-corrected chi connectivity index (χ2v) is 6.66. The molecule has 3 nitrogen and oxygen atoms in total. The van der Waals surface area contributed by atoms with Gasteiger partial charge in [-0.1, -0.05) is 53.5 Å².